The molecule has 1 fully saturated rings. The van der Waals surface area contributed by atoms with Crippen LogP contribution in [-0.2, 0) is 20.3 Å². The lowest BCUT2D eigenvalue weighted by molar-refractivity contribution is -0.117. The normalized spacial score (nSPS) is 19.6. The van der Waals surface area contributed by atoms with Crippen molar-refractivity contribution in [2.75, 3.05) is 19.9 Å². The molecule has 0 N–H and O–H groups in total. The van der Waals surface area contributed by atoms with Crippen LogP contribution in [0.25, 0.3) is 16.7 Å². The van der Waals surface area contributed by atoms with Crippen LogP contribution in [0.15, 0.2) is 42.0 Å². The first-order valence-corrected chi connectivity index (χ1v) is 15.1. The van der Waals surface area contributed by atoms with Crippen molar-refractivity contribution in [2.24, 2.45) is 11.8 Å². The van der Waals surface area contributed by atoms with Gasteiger partial charge < -0.3 is 9.05 Å². The number of carbonyl (C=O) groups excluding carboxylic acids is 1. The Morgan fingerprint density at radius 1 is 1.03 bits per heavy atom. The zero-order chi connectivity index (χ0) is 25.8. The molecule has 2 aromatic rings. The maximum absolute atomic E-state index is 14.4. The molecule has 2 unspecified atom stereocenters. The van der Waals surface area contributed by atoms with E-state index < -0.39 is 7.34 Å². The molecule has 2 bridgehead atoms. The Kier molecular flexibility index (Phi) is 9.57. The van der Waals surface area contributed by atoms with Gasteiger partial charge in [-0.05, 0) is 93.3 Å². The van der Waals surface area contributed by atoms with Crippen LogP contribution in [0.5, 0.6) is 0 Å². The van der Waals surface area contributed by atoms with Crippen LogP contribution in [0.2, 0.25) is 5.02 Å². The van der Waals surface area contributed by atoms with Crippen molar-refractivity contribution in [1.82, 2.24) is 0 Å². The molecule has 2 atom stereocenters. The molecule has 2 aliphatic carbocycles. The fourth-order valence-electron chi connectivity index (χ4n) is 5.15. The van der Waals surface area contributed by atoms with E-state index >= 15 is 0 Å². The second kappa shape index (κ2) is 12.0. The Bertz CT molecular complexity index is 1150. The number of benzene rings is 2. The third-order valence-electron chi connectivity index (χ3n) is 6.86. The second-order valence-electron chi connectivity index (χ2n) is 9.33. The van der Waals surface area contributed by atoms with Crippen LogP contribution in [0.4, 0.5) is 4.39 Å². The number of allylic oxidation sites excluding steroid dienone is 2. The van der Waals surface area contributed by atoms with Crippen molar-refractivity contribution in [3.05, 3.63) is 63.9 Å². The summed E-state index contributed by atoms with van der Waals surface area (Å²) >= 11 is 5.89. The zero-order valence-electron chi connectivity index (χ0n) is 21.5. The Morgan fingerprint density at radius 2 is 1.69 bits per heavy atom. The first-order chi connectivity index (χ1) is 16.6. The van der Waals surface area contributed by atoms with Gasteiger partial charge in [0.15, 0.2) is 5.78 Å². The highest BCUT2D eigenvalue weighted by Crippen LogP contribution is 2.47. The summed E-state index contributed by atoms with van der Waals surface area (Å²) in [5, 5.41) is 0.384. The number of carbonyl (C=O) groups is 1. The molecule has 6 heteroatoms. The number of rotatable bonds is 7. The molecular formula is C29H37ClFO3P. The topological polar surface area (TPSA) is 35.5 Å². The first-order valence-electron chi connectivity index (χ1n) is 12.4. The maximum Gasteiger partial charge on any atom is 0.166 e. The molecule has 0 spiro atoms. The third-order valence-corrected chi connectivity index (χ3v) is 8.71. The van der Waals surface area contributed by atoms with E-state index in [4.69, 9.17) is 20.6 Å². The molecule has 0 saturated heterocycles. The fourth-order valence-corrected chi connectivity index (χ4v) is 6.48. The van der Waals surface area contributed by atoms with Crippen molar-refractivity contribution < 1.29 is 18.2 Å². The van der Waals surface area contributed by atoms with Gasteiger partial charge in [0.25, 0.3) is 0 Å². The number of fused-ring (bicyclic) bond motifs is 2. The molecule has 0 amide bonds. The molecule has 2 aromatic carbocycles. The fraction of sp³-hybridized carbons (Fsp3) is 0.448. The van der Waals surface area contributed by atoms with E-state index in [1.165, 1.54) is 11.6 Å². The van der Waals surface area contributed by atoms with Crippen LogP contribution in [0, 0.1) is 17.7 Å². The van der Waals surface area contributed by atoms with Crippen molar-refractivity contribution in [2.45, 2.75) is 53.4 Å². The first kappa shape index (κ1) is 27.9. The van der Waals surface area contributed by atoms with Crippen molar-refractivity contribution in [1.29, 1.82) is 0 Å². The summed E-state index contributed by atoms with van der Waals surface area (Å²) < 4.78 is 24.9. The molecule has 35 heavy (non-hydrogen) atoms. The van der Waals surface area contributed by atoms with Gasteiger partial charge in [-0.15, -0.1) is 0 Å². The molecule has 4 rings (SSSR count). The van der Waals surface area contributed by atoms with Crippen LogP contribution in [-0.4, -0.2) is 32.0 Å². The summed E-state index contributed by atoms with van der Waals surface area (Å²) in [6.45, 7) is 11.4. The highest BCUT2D eigenvalue weighted by atomic mass is 35.5. The van der Waals surface area contributed by atoms with Gasteiger partial charge in [0.05, 0.1) is 13.2 Å². The Morgan fingerprint density at radius 3 is 2.29 bits per heavy atom. The van der Waals surface area contributed by atoms with E-state index in [2.05, 4.69) is 20.1 Å². The van der Waals surface area contributed by atoms with E-state index in [9.17, 15) is 9.18 Å². The standard InChI is InChI=1S/C23H22ClFO.C6H15O2P/c1-3-14-4-6-16(19-9-8-18(24)12-21(19)25)11-20(14)22-13(2)15-5-7-17(10-15)23(22)26;1-5-7-9(3,4)8-6-2/h4,6,8-9,11-12,15,17H,3,5,7,10H2,1-2H3;3,5-6H2,1-2,4H3. The number of halogens is 2. The second-order valence-corrected chi connectivity index (χ2v) is 12.3. The van der Waals surface area contributed by atoms with Crippen LogP contribution >= 0.6 is 18.9 Å². The molecule has 0 aromatic heterocycles. The average molecular weight is 519 g/mol. The van der Waals surface area contributed by atoms with E-state index in [-0.39, 0.29) is 17.5 Å². The van der Waals surface area contributed by atoms with Gasteiger partial charge in [0.1, 0.15) is 13.2 Å². The summed E-state index contributed by atoms with van der Waals surface area (Å²) in [5.74, 6) is 0.626. The lowest BCUT2D eigenvalue weighted by Gasteiger charge is -2.25. The van der Waals surface area contributed by atoms with Crippen LogP contribution in [0.1, 0.15) is 58.1 Å². The number of hydrogen-bond donors (Lipinski definition) is 0. The van der Waals surface area contributed by atoms with Crippen LogP contribution < -0.4 is 0 Å². The molecule has 3 nitrogen and oxygen atoms in total. The number of aryl methyl sites for hydroxylation is 1. The largest absolute Gasteiger partial charge is 0.338 e. The minimum atomic E-state index is -1.69. The van der Waals surface area contributed by atoms with E-state index in [1.807, 2.05) is 38.7 Å². The Hall–Kier alpha value is -1.71. The van der Waals surface area contributed by atoms with Crippen LogP contribution in [0.3, 0.4) is 0 Å². The van der Waals surface area contributed by atoms with E-state index in [0.29, 0.717) is 29.7 Å². The number of hydrogen-bond acceptors (Lipinski definition) is 3. The van der Waals surface area contributed by atoms with Crippen molar-refractivity contribution >= 4 is 36.6 Å². The van der Waals surface area contributed by atoms with Gasteiger partial charge in [0, 0.05) is 28.7 Å². The van der Waals surface area contributed by atoms with Gasteiger partial charge in [-0.3, -0.25) is 4.79 Å². The number of Topliss-reactive ketones (excluding diaryl/α,β-unsaturated/α-hetero) is 1. The Balaban J connectivity index is 0.000000327. The monoisotopic (exact) mass is 518 g/mol. The quantitative estimate of drug-likeness (QED) is 0.345. The molecule has 1 saturated carbocycles. The van der Waals surface area contributed by atoms with E-state index in [0.717, 1.165) is 47.9 Å². The summed E-state index contributed by atoms with van der Waals surface area (Å²) in [4.78, 5) is 13.1. The van der Waals surface area contributed by atoms with E-state index in [1.54, 1.807) is 12.1 Å². The lowest BCUT2D eigenvalue weighted by Crippen LogP contribution is -2.21. The SMILES string of the molecule is C=P(C)(OCC)OCC.CCc1ccc(-c2ccc(Cl)cc2F)cc1C1=C(C)C2CCC(C2)C1=O. The van der Waals surface area contributed by atoms with Gasteiger partial charge in [-0.1, -0.05) is 42.5 Å². The predicted molar refractivity (Wildman–Crippen MR) is 148 cm³/mol. The molecule has 0 heterocycles. The summed E-state index contributed by atoms with van der Waals surface area (Å²) in [5.41, 5.74) is 5.54. The Labute approximate surface area is 214 Å². The number of ketones is 1. The van der Waals surface area contributed by atoms with Gasteiger partial charge in [-0.25, -0.2) is 4.39 Å². The zero-order valence-corrected chi connectivity index (χ0v) is 23.1. The molecule has 0 aliphatic heterocycles. The summed E-state index contributed by atoms with van der Waals surface area (Å²) in [6, 6.07) is 10.7. The maximum atomic E-state index is 14.4. The molecular weight excluding hydrogens is 482 g/mol. The van der Waals surface area contributed by atoms with Gasteiger partial charge in [-0.2, -0.15) is 0 Å². The molecule has 190 valence electrons. The minimum Gasteiger partial charge on any atom is -0.338 e. The minimum absolute atomic E-state index is 0.166. The highest BCUT2D eigenvalue weighted by molar-refractivity contribution is 7.63. The highest BCUT2D eigenvalue weighted by Gasteiger charge is 2.39. The smallest absolute Gasteiger partial charge is 0.166 e. The van der Waals surface area contributed by atoms with Gasteiger partial charge >= 0.3 is 0 Å². The lowest BCUT2D eigenvalue weighted by atomic mass is 9.78. The molecule has 2 aliphatic rings. The van der Waals surface area contributed by atoms with Gasteiger partial charge in [0.2, 0.25) is 0 Å². The molecule has 0 radical (unpaired) electrons. The predicted octanol–water partition coefficient (Wildman–Crippen LogP) is 8.45. The third kappa shape index (κ3) is 6.54. The summed E-state index contributed by atoms with van der Waals surface area (Å²) in [7, 11) is -1.69. The van der Waals surface area contributed by atoms with Crippen molar-refractivity contribution in [3.8, 4) is 11.1 Å². The summed E-state index contributed by atoms with van der Waals surface area (Å²) in [6.07, 6.45) is 7.77. The van der Waals surface area contributed by atoms with Crippen molar-refractivity contribution in [3.63, 3.8) is 0 Å². The average Bonchev–Trinajstić information content (AvgIpc) is 3.26.